The van der Waals surface area contributed by atoms with Gasteiger partial charge in [-0.05, 0) is 6.07 Å². The van der Waals surface area contributed by atoms with Crippen molar-refractivity contribution in [1.82, 2.24) is 9.38 Å². The van der Waals surface area contributed by atoms with Crippen LogP contribution in [0, 0.1) is 5.82 Å². The molecule has 0 fully saturated rings. The second-order valence-corrected chi connectivity index (χ2v) is 3.23. The molecule has 0 saturated heterocycles. The minimum absolute atomic E-state index is 0.0225. The van der Waals surface area contributed by atoms with E-state index in [9.17, 15) is 9.18 Å². The summed E-state index contributed by atoms with van der Waals surface area (Å²) >= 11 is 5.60. The van der Waals surface area contributed by atoms with Crippen molar-refractivity contribution in [3.05, 3.63) is 35.1 Å². The maximum atomic E-state index is 13.6. The highest BCUT2D eigenvalue weighted by atomic mass is 35.5. The van der Waals surface area contributed by atoms with E-state index in [2.05, 4.69) is 9.72 Å². The molecule has 2 aromatic heterocycles. The highest BCUT2D eigenvalue weighted by molar-refractivity contribution is 6.31. The van der Waals surface area contributed by atoms with Gasteiger partial charge in [-0.25, -0.2) is 14.2 Å². The van der Waals surface area contributed by atoms with E-state index in [1.807, 2.05) is 0 Å². The standard InChI is InChI=1S/C9H6ClFN2O2/c1-15-9(14)7-8-6(11)5(10)2-3-13(8)4-12-7/h2-4H,1H3. The first kappa shape index (κ1) is 9.92. The first-order valence-electron chi connectivity index (χ1n) is 4.04. The number of fused-ring (bicyclic) bond motifs is 1. The van der Waals surface area contributed by atoms with Crippen molar-refractivity contribution in [1.29, 1.82) is 0 Å². The minimum atomic E-state index is -0.696. The number of carbonyl (C=O) groups is 1. The average molecular weight is 229 g/mol. The van der Waals surface area contributed by atoms with Gasteiger partial charge in [0.1, 0.15) is 11.8 Å². The minimum Gasteiger partial charge on any atom is -0.464 e. The van der Waals surface area contributed by atoms with Crippen molar-refractivity contribution in [2.45, 2.75) is 0 Å². The lowest BCUT2D eigenvalue weighted by Crippen LogP contribution is -2.03. The number of esters is 1. The second-order valence-electron chi connectivity index (χ2n) is 2.82. The van der Waals surface area contributed by atoms with Crippen molar-refractivity contribution < 1.29 is 13.9 Å². The number of imidazole rings is 1. The van der Waals surface area contributed by atoms with Gasteiger partial charge in [-0.1, -0.05) is 11.6 Å². The van der Waals surface area contributed by atoms with E-state index < -0.39 is 11.8 Å². The van der Waals surface area contributed by atoms with Gasteiger partial charge in [0.05, 0.1) is 12.1 Å². The van der Waals surface area contributed by atoms with E-state index in [4.69, 9.17) is 11.6 Å². The number of methoxy groups -OCH3 is 1. The number of hydrogen-bond acceptors (Lipinski definition) is 3. The predicted molar refractivity (Wildman–Crippen MR) is 51.5 cm³/mol. The quantitative estimate of drug-likeness (QED) is 0.701. The second kappa shape index (κ2) is 3.51. The Bertz CT molecular complexity index is 538. The Balaban J connectivity index is 2.77. The van der Waals surface area contributed by atoms with Crippen molar-refractivity contribution in [3.8, 4) is 0 Å². The fourth-order valence-corrected chi connectivity index (χ4v) is 1.42. The maximum absolute atomic E-state index is 13.6. The average Bonchev–Trinajstić information content (AvgIpc) is 2.67. The highest BCUT2D eigenvalue weighted by Crippen LogP contribution is 2.21. The largest absolute Gasteiger partial charge is 0.464 e. The smallest absolute Gasteiger partial charge is 0.359 e. The van der Waals surface area contributed by atoms with Crippen molar-refractivity contribution in [3.63, 3.8) is 0 Å². The molecule has 78 valence electrons. The van der Waals surface area contributed by atoms with Gasteiger partial charge in [0, 0.05) is 6.20 Å². The molecule has 0 aliphatic heterocycles. The van der Waals surface area contributed by atoms with Crippen LogP contribution in [0.5, 0.6) is 0 Å². The third-order valence-corrected chi connectivity index (χ3v) is 2.26. The molecule has 2 heterocycles. The number of nitrogens with zero attached hydrogens (tertiary/aromatic N) is 2. The lowest BCUT2D eigenvalue weighted by Gasteiger charge is -1.99. The fraction of sp³-hybridized carbons (Fsp3) is 0.111. The normalized spacial score (nSPS) is 10.6. The molecule has 0 amide bonds. The molecule has 0 spiro atoms. The van der Waals surface area contributed by atoms with Gasteiger partial charge >= 0.3 is 5.97 Å². The lowest BCUT2D eigenvalue weighted by molar-refractivity contribution is 0.0596. The summed E-state index contributed by atoms with van der Waals surface area (Å²) in [7, 11) is 1.20. The van der Waals surface area contributed by atoms with Crippen LogP contribution in [-0.2, 0) is 4.74 Å². The molecule has 0 atom stereocenters. The van der Waals surface area contributed by atoms with Crippen LogP contribution < -0.4 is 0 Å². The van der Waals surface area contributed by atoms with Crippen LogP contribution in [0.25, 0.3) is 5.52 Å². The van der Waals surface area contributed by atoms with E-state index in [1.165, 1.54) is 30.1 Å². The molecule has 0 saturated carbocycles. The van der Waals surface area contributed by atoms with Gasteiger partial charge in [-0.2, -0.15) is 0 Å². The van der Waals surface area contributed by atoms with Crippen LogP contribution in [-0.4, -0.2) is 22.5 Å². The molecular formula is C9H6ClFN2O2. The molecule has 0 radical (unpaired) electrons. The summed E-state index contributed by atoms with van der Waals surface area (Å²) in [5, 5.41) is -0.0619. The van der Waals surface area contributed by atoms with Crippen LogP contribution in [0.4, 0.5) is 4.39 Å². The molecular weight excluding hydrogens is 223 g/mol. The SMILES string of the molecule is COC(=O)c1ncn2ccc(Cl)c(F)c12. The Morgan fingerprint density at radius 1 is 1.67 bits per heavy atom. The number of pyridine rings is 1. The topological polar surface area (TPSA) is 43.6 Å². The van der Waals surface area contributed by atoms with E-state index in [0.29, 0.717) is 0 Å². The third-order valence-electron chi connectivity index (χ3n) is 1.97. The molecule has 0 aromatic carbocycles. The zero-order valence-corrected chi connectivity index (χ0v) is 8.45. The Morgan fingerprint density at radius 2 is 2.40 bits per heavy atom. The molecule has 0 N–H and O–H groups in total. The molecule has 2 rings (SSSR count). The number of hydrogen-bond donors (Lipinski definition) is 0. The lowest BCUT2D eigenvalue weighted by atomic mass is 10.3. The van der Waals surface area contributed by atoms with Gasteiger partial charge in [-0.3, -0.25) is 0 Å². The number of halogens is 2. The zero-order chi connectivity index (χ0) is 11.0. The Morgan fingerprint density at radius 3 is 3.07 bits per heavy atom. The number of aromatic nitrogens is 2. The molecule has 0 aliphatic rings. The van der Waals surface area contributed by atoms with Crippen LogP contribution in [0.3, 0.4) is 0 Å². The Labute approximate surface area is 89.2 Å². The highest BCUT2D eigenvalue weighted by Gasteiger charge is 2.18. The predicted octanol–water partition coefficient (Wildman–Crippen LogP) is 1.91. The first-order valence-corrected chi connectivity index (χ1v) is 4.42. The van der Waals surface area contributed by atoms with Crippen LogP contribution in [0.15, 0.2) is 18.6 Å². The number of ether oxygens (including phenoxy) is 1. The van der Waals surface area contributed by atoms with Gasteiger partial charge in [-0.15, -0.1) is 0 Å². The van der Waals surface area contributed by atoms with Crippen LogP contribution in [0.1, 0.15) is 10.5 Å². The summed E-state index contributed by atoms with van der Waals surface area (Å²) in [6.07, 6.45) is 2.83. The number of carbonyl (C=O) groups excluding carboxylic acids is 1. The van der Waals surface area contributed by atoms with Crippen molar-refractivity contribution in [2.24, 2.45) is 0 Å². The molecule has 0 aliphatic carbocycles. The van der Waals surface area contributed by atoms with E-state index in [-0.39, 0.29) is 16.2 Å². The molecule has 0 bridgehead atoms. The van der Waals surface area contributed by atoms with E-state index >= 15 is 0 Å². The summed E-state index contributed by atoms with van der Waals surface area (Å²) < 4.78 is 19.4. The van der Waals surface area contributed by atoms with Crippen molar-refractivity contribution >= 4 is 23.1 Å². The summed E-state index contributed by atoms with van der Waals surface area (Å²) in [6.45, 7) is 0. The van der Waals surface area contributed by atoms with Gasteiger partial charge in [0.2, 0.25) is 0 Å². The van der Waals surface area contributed by atoms with Crippen LogP contribution in [0.2, 0.25) is 5.02 Å². The molecule has 6 heteroatoms. The Hall–Kier alpha value is -1.62. The third kappa shape index (κ3) is 1.45. The van der Waals surface area contributed by atoms with Gasteiger partial charge < -0.3 is 9.14 Å². The molecule has 4 nitrogen and oxygen atoms in total. The molecule has 0 unspecified atom stereocenters. The summed E-state index contributed by atoms with van der Waals surface area (Å²) in [5.41, 5.74) is -0.0631. The van der Waals surface area contributed by atoms with E-state index in [0.717, 1.165) is 0 Å². The zero-order valence-electron chi connectivity index (χ0n) is 7.70. The Kier molecular flexibility index (Phi) is 2.32. The van der Waals surface area contributed by atoms with Gasteiger partial charge in [0.15, 0.2) is 11.5 Å². The summed E-state index contributed by atoms with van der Waals surface area (Å²) in [5.74, 6) is -1.38. The maximum Gasteiger partial charge on any atom is 0.359 e. The van der Waals surface area contributed by atoms with Gasteiger partial charge in [0.25, 0.3) is 0 Å². The monoisotopic (exact) mass is 228 g/mol. The fourth-order valence-electron chi connectivity index (χ4n) is 1.27. The first-order chi connectivity index (χ1) is 7.15. The van der Waals surface area contributed by atoms with Crippen molar-refractivity contribution in [2.75, 3.05) is 7.11 Å². The number of rotatable bonds is 1. The molecule has 15 heavy (non-hydrogen) atoms. The van der Waals surface area contributed by atoms with E-state index in [1.54, 1.807) is 0 Å². The summed E-state index contributed by atoms with van der Waals surface area (Å²) in [6, 6.07) is 1.38. The summed E-state index contributed by atoms with van der Waals surface area (Å²) in [4.78, 5) is 15.0. The molecule has 2 aromatic rings. The van der Waals surface area contributed by atoms with Crippen LogP contribution >= 0.6 is 11.6 Å².